The molecule has 0 radical (unpaired) electrons. The number of rotatable bonds is 7. The summed E-state index contributed by atoms with van der Waals surface area (Å²) >= 11 is 0. The summed E-state index contributed by atoms with van der Waals surface area (Å²) in [7, 11) is 1.81. The van der Waals surface area contributed by atoms with E-state index in [0.717, 1.165) is 37.5 Å². The Bertz CT molecular complexity index is 758. The van der Waals surface area contributed by atoms with E-state index in [1.807, 2.05) is 25.4 Å². The first kappa shape index (κ1) is 20.0. The van der Waals surface area contributed by atoms with Crippen LogP contribution in [0.15, 0.2) is 47.6 Å². The third-order valence-corrected chi connectivity index (χ3v) is 4.86. The molecule has 6 nitrogen and oxygen atoms in total. The molecule has 1 aromatic heterocycles. The second-order valence-electron chi connectivity index (χ2n) is 7.19. The Kier molecular flexibility index (Phi) is 7.12. The molecule has 2 N–H and O–H groups in total. The summed E-state index contributed by atoms with van der Waals surface area (Å²) in [5.41, 5.74) is 3.68. The second kappa shape index (κ2) is 9.97. The zero-order valence-corrected chi connectivity index (χ0v) is 17.1. The van der Waals surface area contributed by atoms with Crippen LogP contribution in [-0.4, -0.2) is 43.7 Å². The molecular weight excluding hydrogens is 350 g/mol. The van der Waals surface area contributed by atoms with Gasteiger partial charge in [0, 0.05) is 50.7 Å². The Morgan fingerprint density at radius 3 is 2.75 bits per heavy atom. The maximum atomic E-state index is 5.53. The molecule has 2 aromatic rings. The molecular formula is C22H31N5O. The van der Waals surface area contributed by atoms with Crippen molar-refractivity contribution in [1.29, 1.82) is 0 Å². The van der Waals surface area contributed by atoms with Gasteiger partial charge >= 0.3 is 0 Å². The number of benzene rings is 1. The number of aromatic nitrogens is 1. The van der Waals surface area contributed by atoms with E-state index in [9.17, 15) is 0 Å². The Labute approximate surface area is 168 Å². The zero-order valence-electron chi connectivity index (χ0n) is 17.1. The van der Waals surface area contributed by atoms with Crippen LogP contribution in [-0.2, 0) is 6.54 Å². The maximum absolute atomic E-state index is 5.53. The first-order chi connectivity index (χ1) is 13.7. The number of guanidine groups is 1. The molecule has 1 fully saturated rings. The minimum Gasteiger partial charge on any atom is -0.478 e. The van der Waals surface area contributed by atoms with E-state index in [1.165, 1.54) is 11.3 Å². The predicted octanol–water partition coefficient (Wildman–Crippen LogP) is 3.12. The Morgan fingerprint density at radius 2 is 2.07 bits per heavy atom. The highest BCUT2D eigenvalue weighted by Gasteiger charge is 2.23. The van der Waals surface area contributed by atoms with Crippen LogP contribution in [0.5, 0.6) is 5.88 Å². The van der Waals surface area contributed by atoms with Gasteiger partial charge in [-0.1, -0.05) is 30.7 Å². The van der Waals surface area contributed by atoms with Crippen LogP contribution >= 0.6 is 0 Å². The zero-order chi connectivity index (χ0) is 19.8. The molecule has 0 aliphatic carbocycles. The number of ether oxygens (including phenoxy) is 1. The fourth-order valence-electron chi connectivity index (χ4n) is 3.25. The summed E-state index contributed by atoms with van der Waals surface area (Å²) in [6.07, 6.45) is 3.93. The summed E-state index contributed by atoms with van der Waals surface area (Å²) in [6, 6.07) is 13.1. The molecule has 0 amide bonds. The lowest BCUT2D eigenvalue weighted by Crippen LogP contribution is -2.44. The van der Waals surface area contributed by atoms with Crippen molar-refractivity contribution in [2.45, 2.75) is 39.3 Å². The number of nitrogens with one attached hydrogen (secondary N) is 2. The SMILES string of the molecule is CCCOc1ccc(CNC(=NC)NC2CCN(c3ccc(C)cc3)C2)cn1. The minimum absolute atomic E-state index is 0.385. The molecule has 28 heavy (non-hydrogen) atoms. The van der Waals surface area contributed by atoms with Crippen LogP contribution in [0.4, 0.5) is 5.69 Å². The number of hydrogen-bond acceptors (Lipinski definition) is 4. The molecule has 1 aliphatic rings. The third kappa shape index (κ3) is 5.62. The first-order valence-electron chi connectivity index (χ1n) is 10.0. The molecule has 1 aliphatic heterocycles. The Hall–Kier alpha value is -2.76. The van der Waals surface area contributed by atoms with Gasteiger partial charge in [-0.2, -0.15) is 0 Å². The van der Waals surface area contributed by atoms with Gasteiger partial charge in [-0.25, -0.2) is 4.98 Å². The summed E-state index contributed by atoms with van der Waals surface area (Å²) in [5, 5.41) is 6.92. The predicted molar refractivity (Wildman–Crippen MR) is 115 cm³/mol. The number of aryl methyl sites for hydroxylation is 1. The molecule has 3 rings (SSSR count). The van der Waals surface area contributed by atoms with Crippen LogP contribution in [0.2, 0.25) is 0 Å². The third-order valence-electron chi connectivity index (χ3n) is 4.86. The van der Waals surface area contributed by atoms with Gasteiger partial charge in [-0.15, -0.1) is 0 Å². The topological polar surface area (TPSA) is 61.8 Å². The molecule has 1 unspecified atom stereocenters. The van der Waals surface area contributed by atoms with Crippen molar-refractivity contribution in [3.05, 3.63) is 53.7 Å². The maximum Gasteiger partial charge on any atom is 0.213 e. The summed E-state index contributed by atoms with van der Waals surface area (Å²) in [4.78, 5) is 11.1. The van der Waals surface area contributed by atoms with Crippen LogP contribution in [0.25, 0.3) is 0 Å². The number of anilines is 1. The smallest absolute Gasteiger partial charge is 0.213 e. The second-order valence-corrected chi connectivity index (χ2v) is 7.19. The standard InChI is InChI=1S/C22H31N5O/c1-4-13-28-21-10-7-18(14-24-21)15-25-22(23-3)26-19-11-12-27(16-19)20-8-5-17(2)6-9-20/h5-10,14,19H,4,11-13,15-16H2,1-3H3,(H2,23,25,26). The molecule has 0 spiro atoms. The van der Waals surface area contributed by atoms with E-state index in [4.69, 9.17) is 4.74 Å². The Balaban J connectivity index is 1.46. The van der Waals surface area contributed by atoms with Crippen molar-refractivity contribution < 1.29 is 4.74 Å². The van der Waals surface area contributed by atoms with Crippen molar-refractivity contribution in [2.75, 3.05) is 31.6 Å². The fraction of sp³-hybridized carbons (Fsp3) is 0.455. The van der Waals surface area contributed by atoms with Crippen molar-refractivity contribution in [2.24, 2.45) is 4.99 Å². The van der Waals surface area contributed by atoms with Gasteiger partial charge in [0.2, 0.25) is 5.88 Å². The summed E-state index contributed by atoms with van der Waals surface area (Å²) in [6.45, 7) is 7.61. The van der Waals surface area contributed by atoms with Gasteiger partial charge in [-0.05, 0) is 37.5 Å². The molecule has 150 valence electrons. The molecule has 1 saturated heterocycles. The molecule has 1 atom stereocenters. The average Bonchev–Trinajstić information content (AvgIpc) is 3.19. The van der Waals surface area contributed by atoms with Crippen LogP contribution in [0.1, 0.15) is 30.9 Å². The van der Waals surface area contributed by atoms with Crippen molar-refractivity contribution in [3.8, 4) is 5.88 Å². The largest absolute Gasteiger partial charge is 0.478 e. The van der Waals surface area contributed by atoms with Gasteiger partial charge < -0.3 is 20.3 Å². The number of hydrogen-bond donors (Lipinski definition) is 2. The average molecular weight is 382 g/mol. The molecule has 0 saturated carbocycles. The lowest BCUT2D eigenvalue weighted by Gasteiger charge is -2.20. The molecule has 1 aromatic carbocycles. The molecule has 0 bridgehead atoms. The normalized spacial score (nSPS) is 16.9. The van der Waals surface area contributed by atoms with Crippen molar-refractivity contribution >= 4 is 11.6 Å². The lowest BCUT2D eigenvalue weighted by atomic mass is 10.2. The van der Waals surface area contributed by atoms with Crippen molar-refractivity contribution in [1.82, 2.24) is 15.6 Å². The van der Waals surface area contributed by atoms with Crippen molar-refractivity contribution in [3.63, 3.8) is 0 Å². The van der Waals surface area contributed by atoms with Gasteiger partial charge in [-0.3, -0.25) is 4.99 Å². The quantitative estimate of drug-likeness (QED) is 0.570. The molecule has 2 heterocycles. The minimum atomic E-state index is 0.385. The van der Waals surface area contributed by atoms with E-state index < -0.39 is 0 Å². The molecule has 6 heteroatoms. The number of aliphatic imine (C=N–C) groups is 1. The fourth-order valence-corrected chi connectivity index (χ4v) is 3.25. The first-order valence-corrected chi connectivity index (χ1v) is 10.0. The van der Waals surface area contributed by atoms with E-state index in [-0.39, 0.29) is 0 Å². The Morgan fingerprint density at radius 1 is 1.25 bits per heavy atom. The monoisotopic (exact) mass is 381 g/mol. The van der Waals surface area contributed by atoms with Gasteiger partial charge in [0.05, 0.1) is 6.61 Å². The highest BCUT2D eigenvalue weighted by Crippen LogP contribution is 2.20. The van der Waals surface area contributed by atoms with Crippen LogP contribution in [0, 0.1) is 6.92 Å². The highest BCUT2D eigenvalue weighted by molar-refractivity contribution is 5.80. The summed E-state index contributed by atoms with van der Waals surface area (Å²) in [5.74, 6) is 1.50. The van der Waals surface area contributed by atoms with E-state index >= 15 is 0 Å². The van der Waals surface area contributed by atoms with E-state index in [1.54, 1.807) is 0 Å². The lowest BCUT2D eigenvalue weighted by molar-refractivity contribution is 0.305. The van der Waals surface area contributed by atoms with Gasteiger partial charge in [0.25, 0.3) is 0 Å². The highest BCUT2D eigenvalue weighted by atomic mass is 16.5. The van der Waals surface area contributed by atoms with E-state index in [0.29, 0.717) is 25.1 Å². The summed E-state index contributed by atoms with van der Waals surface area (Å²) < 4.78 is 5.53. The van der Waals surface area contributed by atoms with Crippen LogP contribution in [0.3, 0.4) is 0 Å². The number of nitrogens with zero attached hydrogens (tertiary/aromatic N) is 3. The van der Waals surface area contributed by atoms with Gasteiger partial charge in [0.1, 0.15) is 0 Å². The van der Waals surface area contributed by atoms with Crippen LogP contribution < -0.4 is 20.3 Å². The van der Waals surface area contributed by atoms with E-state index in [2.05, 4.69) is 63.6 Å². The van der Waals surface area contributed by atoms with Gasteiger partial charge in [0.15, 0.2) is 5.96 Å². The number of pyridine rings is 1.